The quantitative estimate of drug-likeness (QED) is 0.698. The van der Waals surface area contributed by atoms with Gasteiger partial charge in [-0.05, 0) is 60.2 Å². The van der Waals surface area contributed by atoms with Gasteiger partial charge in [0, 0.05) is 35.8 Å². The van der Waals surface area contributed by atoms with E-state index in [2.05, 4.69) is 15.6 Å². The maximum atomic E-state index is 13.2. The number of amides is 2. The smallest absolute Gasteiger partial charge is 0.255 e. The first kappa shape index (κ1) is 18.5. The lowest BCUT2D eigenvalue weighted by Gasteiger charge is -2.08. The van der Waals surface area contributed by atoms with Crippen molar-refractivity contribution in [1.29, 1.82) is 0 Å². The van der Waals surface area contributed by atoms with Crippen molar-refractivity contribution in [2.45, 2.75) is 6.54 Å². The van der Waals surface area contributed by atoms with Crippen LogP contribution in [0, 0.1) is 5.82 Å². The molecule has 0 unspecified atom stereocenters. The number of nitrogens with zero attached hydrogens (tertiary/aromatic N) is 1. The number of halogens is 2. The van der Waals surface area contributed by atoms with Crippen LogP contribution in [0.15, 0.2) is 67.0 Å². The maximum absolute atomic E-state index is 13.2. The number of pyridine rings is 1. The van der Waals surface area contributed by atoms with Gasteiger partial charge in [0.1, 0.15) is 5.82 Å². The molecule has 27 heavy (non-hydrogen) atoms. The first-order valence-electron chi connectivity index (χ1n) is 8.06. The molecule has 0 aliphatic heterocycles. The maximum Gasteiger partial charge on any atom is 0.255 e. The fourth-order valence-corrected chi connectivity index (χ4v) is 2.52. The van der Waals surface area contributed by atoms with Gasteiger partial charge in [-0.1, -0.05) is 11.6 Å². The highest BCUT2D eigenvalue weighted by molar-refractivity contribution is 6.31. The number of benzene rings is 2. The summed E-state index contributed by atoms with van der Waals surface area (Å²) in [4.78, 5) is 28.3. The van der Waals surface area contributed by atoms with E-state index in [1.807, 2.05) is 12.1 Å². The van der Waals surface area contributed by atoms with Gasteiger partial charge >= 0.3 is 0 Å². The summed E-state index contributed by atoms with van der Waals surface area (Å²) in [6, 6.07) is 13.8. The normalized spacial score (nSPS) is 10.3. The van der Waals surface area contributed by atoms with E-state index in [0.717, 1.165) is 5.56 Å². The standard InChI is InChI=1S/C20H15ClFN3O2/c21-17-11-16(5-6-18(17)22)25-20(27)15-3-1-14(2-4-15)19(26)24-12-13-7-9-23-10-8-13/h1-11H,12H2,(H,24,26)(H,25,27). The Kier molecular flexibility index (Phi) is 5.78. The molecule has 1 aromatic heterocycles. The Hall–Kier alpha value is -3.25. The molecule has 3 rings (SSSR count). The predicted molar refractivity (Wildman–Crippen MR) is 101 cm³/mol. The molecule has 0 saturated carbocycles. The molecule has 0 spiro atoms. The Morgan fingerprint density at radius 2 is 1.56 bits per heavy atom. The molecule has 2 N–H and O–H groups in total. The van der Waals surface area contributed by atoms with Gasteiger partial charge < -0.3 is 10.6 Å². The Bertz CT molecular complexity index is 963. The second-order valence-corrected chi connectivity index (χ2v) is 6.11. The zero-order valence-electron chi connectivity index (χ0n) is 14.1. The molecule has 0 saturated heterocycles. The third-order valence-corrected chi connectivity index (χ3v) is 4.08. The summed E-state index contributed by atoms with van der Waals surface area (Å²) in [7, 11) is 0. The van der Waals surface area contributed by atoms with E-state index in [-0.39, 0.29) is 16.8 Å². The number of anilines is 1. The average Bonchev–Trinajstić information content (AvgIpc) is 2.70. The van der Waals surface area contributed by atoms with Crippen molar-refractivity contribution in [1.82, 2.24) is 10.3 Å². The number of hydrogen-bond acceptors (Lipinski definition) is 3. The molecule has 3 aromatic rings. The van der Waals surface area contributed by atoms with Gasteiger partial charge in [-0.15, -0.1) is 0 Å². The van der Waals surface area contributed by atoms with Crippen LogP contribution in [0.1, 0.15) is 26.3 Å². The lowest BCUT2D eigenvalue weighted by atomic mass is 10.1. The number of hydrogen-bond donors (Lipinski definition) is 2. The SMILES string of the molecule is O=C(NCc1ccncc1)c1ccc(C(=O)Nc2ccc(F)c(Cl)c2)cc1. The number of rotatable bonds is 5. The molecule has 5 nitrogen and oxygen atoms in total. The first-order valence-corrected chi connectivity index (χ1v) is 8.44. The molecule has 2 amide bonds. The van der Waals surface area contributed by atoms with Crippen molar-refractivity contribution < 1.29 is 14.0 Å². The molecule has 0 bridgehead atoms. The third kappa shape index (κ3) is 4.89. The topological polar surface area (TPSA) is 71.1 Å². The minimum absolute atomic E-state index is 0.0750. The number of aromatic nitrogens is 1. The van der Waals surface area contributed by atoms with E-state index >= 15 is 0 Å². The summed E-state index contributed by atoms with van der Waals surface area (Å²) in [6.45, 7) is 0.384. The van der Waals surface area contributed by atoms with E-state index in [1.54, 1.807) is 36.7 Å². The predicted octanol–water partition coefficient (Wildman–Crippen LogP) is 4.06. The number of carbonyl (C=O) groups excluding carboxylic acids is 2. The molecule has 2 aromatic carbocycles. The molecule has 0 aliphatic rings. The molecule has 0 aliphatic carbocycles. The van der Waals surface area contributed by atoms with Gasteiger partial charge in [-0.2, -0.15) is 0 Å². The van der Waals surface area contributed by atoms with Crippen LogP contribution in [0.3, 0.4) is 0 Å². The molecular formula is C20H15ClFN3O2. The van der Waals surface area contributed by atoms with Crippen LogP contribution >= 0.6 is 11.6 Å². The van der Waals surface area contributed by atoms with E-state index in [4.69, 9.17) is 11.6 Å². The average molecular weight is 384 g/mol. The summed E-state index contributed by atoms with van der Waals surface area (Å²) in [6.07, 6.45) is 3.31. The highest BCUT2D eigenvalue weighted by Gasteiger charge is 2.10. The van der Waals surface area contributed by atoms with Crippen molar-refractivity contribution in [2.75, 3.05) is 5.32 Å². The van der Waals surface area contributed by atoms with Crippen molar-refractivity contribution in [3.05, 3.63) is 94.5 Å². The van der Waals surface area contributed by atoms with Gasteiger partial charge in [-0.25, -0.2) is 4.39 Å². The summed E-state index contributed by atoms with van der Waals surface area (Å²) >= 11 is 5.70. The zero-order chi connectivity index (χ0) is 19.2. The van der Waals surface area contributed by atoms with Crippen LogP contribution < -0.4 is 10.6 Å². The first-order chi connectivity index (χ1) is 13.0. The van der Waals surface area contributed by atoms with Crippen LogP contribution in [0.25, 0.3) is 0 Å². The van der Waals surface area contributed by atoms with Gasteiger partial charge in [0.25, 0.3) is 11.8 Å². The van der Waals surface area contributed by atoms with Crippen molar-refractivity contribution in [2.24, 2.45) is 0 Å². The van der Waals surface area contributed by atoms with Crippen molar-refractivity contribution in [3.8, 4) is 0 Å². The van der Waals surface area contributed by atoms with Gasteiger partial charge in [-0.3, -0.25) is 14.6 Å². The molecule has 0 radical (unpaired) electrons. The van der Waals surface area contributed by atoms with Crippen LogP contribution in [0.2, 0.25) is 5.02 Å². The molecule has 0 atom stereocenters. The summed E-state index contributed by atoms with van der Waals surface area (Å²) < 4.78 is 13.2. The van der Waals surface area contributed by atoms with Crippen LogP contribution in [0.5, 0.6) is 0 Å². The Morgan fingerprint density at radius 3 is 2.19 bits per heavy atom. The van der Waals surface area contributed by atoms with Crippen LogP contribution in [0.4, 0.5) is 10.1 Å². The molecule has 136 valence electrons. The molecular weight excluding hydrogens is 369 g/mol. The highest BCUT2D eigenvalue weighted by atomic mass is 35.5. The van der Waals surface area contributed by atoms with E-state index in [9.17, 15) is 14.0 Å². The van der Waals surface area contributed by atoms with E-state index < -0.39 is 5.82 Å². The molecule has 7 heteroatoms. The molecule has 1 heterocycles. The lowest BCUT2D eigenvalue weighted by molar-refractivity contribution is 0.0949. The summed E-state index contributed by atoms with van der Waals surface area (Å²) in [5.74, 6) is -1.19. The summed E-state index contributed by atoms with van der Waals surface area (Å²) in [5.41, 5.74) is 2.12. The fraction of sp³-hybridized carbons (Fsp3) is 0.0500. The second kappa shape index (κ2) is 8.42. The van der Waals surface area contributed by atoms with Crippen molar-refractivity contribution in [3.63, 3.8) is 0 Å². The number of carbonyl (C=O) groups is 2. The minimum Gasteiger partial charge on any atom is -0.348 e. The van der Waals surface area contributed by atoms with Gasteiger partial charge in [0.2, 0.25) is 0 Å². The highest BCUT2D eigenvalue weighted by Crippen LogP contribution is 2.20. The third-order valence-electron chi connectivity index (χ3n) is 3.79. The van der Waals surface area contributed by atoms with Crippen molar-refractivity contribution >= 4 is 29.1 Å². The Morgan fingerprint density at radius 1 is 0.926 bits per heavy atom. The largest absolute Gasteiger partial charge is 0.348 e. The summed E-state index contributed by atoms with van der Waals surface area (Å²) in [5, 5.41) is 5.35. The fourth-order valence-electron chi connectivity index (χ4n) is 2.34. The molecule has 0 fully saturated rings. The zero-order valence-corrected chi connectivity index (χ0v) is 14.8. The van der Waals surface area contributed by atoms with Gasteiger partial charge in [0.05, 0.1) is 5.02 Å². The number of nitrogens with one attached hydrogen (secondary N) is 2. The Labute approximate surface area is 160 Å². The second-order valence-electron chi connectivity index (χ2n) is 5.70. The van der Waals surface area contributed by atoms with E-state index in [1.165, 1.54) is 18.2 Å². The Balaban J connectivity index is 1.61. The lowest BCUT2D eigenvalue weighted by Crippen LogP contribution is -2.23. The monoisotopic (exact) mass is 383 g/mol. The van der Waals surface area contributed by atoms with Crippen LogP contribution in [-0.2, 0) is 6.54 Å². The van der Waals surface area contributed by atoms with E-state index in [0.29, 0.717) is 23.4 Å². The van der Waals surface area contributed by atoms with Crippen LogP contribution in [-0.4, -0.2) is 16.8 Å². The van der Waals surface area contributed by atoms with Gasteiger partial charge in [0.15, 0.2) is 0 Å². The minimum atomic E-state index is -0.559.